The van der Waals surface area contributed by atoms with Gasteiger partial charge in [-0.05, 0) is 31.0 Å². The first-order valence-corrected chi connectivity index (χ1v) is 11.0. The molecule has 1 aromatic carbocycles. The summed E-state index contributed by atoms with van der Waals surface area (Å²) in [4.78, 5) is 31.4. The van der Waals surface area contributed by atoms with Crippen LogP contribution in [0.2, 0.25) is 0 Å². The molecule has 0 atom stereocenters. The lowest BCUT2D eigenvalue weighted by Crippen LogP contribution is -2.41. The number of piperidine rings is 1. The zero-order valence-corrected chi connectivity index (χ0v) is 18.1. The smallest absolute Gasteiger partial charge is 0.276 e. The number of rotatable bonds is 5. The predicted molar refractivity (Wildman–Crippen MR) is 124 cm³/mol. The summed E-state index contributed by atoms with van der Waals surface area (Å²) in [6.07, 6.45) is 8.06. The molecule has 32 heavy (non-hydrogen) atoms. The van der Waals surface area contributed by atoms with E-state index in [9.17, 15) is 9.59 Å². The molecule has 1 amide bonds. The van der Waals surface area contributed by atoms with Gasteiger partial charge < -0.3 is 14.6 Å². The van der Waals surface area contributed by atoms with Gasteiger partial charge in [-0.2, -0.15) is 5.10 Å². The third-order valence-corrected chi connectivity index (χ3v) is 6.17. The number of fused-ring (bicyclic) bond motifs is 2. The average molecular weight is 431 g/mol. The van der Waals surface area contributed by atoms with E-state index in [0.29, 0.717) is 18.4 Å². The normalized spacial score (nSPS) is 14.8. The van der Waals surface area contributed by atoms with Crippen LogP contribution in [0.1, 0.15) is 25.5 Å². The summed E-state index contributed by atoms with van der Waals surface area (Å²) in [6.45, 7) is 3.55. The fraction of sp³-hybridized carbons (Fsp3) is 0.333. The Hall–Kier alpha value is -3.68. The molecule has 4 heterocycles. The quantitative estimate of drug-likeness (QED) is 0.526. The Morgan fingerprint density at radius 1 is 1.16 bits per heavy atom. The molecule has 4 aromatic rings. The van der Waals surface area contributed by atoms with Crippen molar-refractivity contribution in [3.05, 3.63) is 71.0 Å². The minimum atomic E-state index is -0.101. The van der Waals surface area contributed by atoms with Crippen LogP contribution in [0.15, 0.2) is 59.8 Å². The van der Waals surface area contributed by atoms with Crippen LogP contribution in [-0.2, 0) is 17.8 Å². The van der Waals surface area contributed by atoms with Gasteiger partial charge in [0, 0.05) is 55.9 Å². The first-order valence-electron chi connectivity index (χ1n) is 11.0. The molecular formula is C24H26N6O2. The third kappa shape index (κ3) is 3.95. The number of nitrogens with zero attached hydrogens (tertiary/aromatic N) is 5. The summed E-state index contributed by atoms with van der Waals surface area (Å²) < 4.78 is 3.50. The molecule has 0 aliphatic carbocycles. The minimum absolute atomic E-state index is 0.101. The number of aromatic nitrogens is 4. The topological polar surface area (TPSA) is 84.5 Å². The highest BCUT2D eigenvalue weighted by Gasteiger charge is 2.21. The van der Waals surface area contributed by atoms with E-state index in [1.54, 1.807) is 13.1 Å². The number of pyridine rings is 1. The van der Waals surface area contributed by atoms with Gasteiger partial charge in [0.05, 0.1) is 23.8 Å². The molecule has 5 rings (SSSR count). The number of amides is 1. The third-order valence-electron chi connectivity index (χ3n) is 6.17. The zero-order chi connectivity index (χ0) is 22.1. The summed E-state index contributed by atoms with van der Waals surface area (Å²) in [5.41, 5.74) is 2.55. The highest BCUT2D eigenvalue weighted by Crippen LogP contribution is 2.23. The van der Waals surface area contributed by atoms with Crippen molar-refractivity contribution >= 4 is 28.0 Å². The van der Waals surface area contributed by atoms with Crippen LogP contribution in [0.25, 0.3) is 16.4 Å². The van der Waals surface area contributed by atoms with Gasteiger partial charge in [0.1, 0.15) is 5.65 Å². The second kappa shape index (κ2) is 8.45. The molecule has 0 spiro atoms. The van der Waals surface area contributed by atoms with Crippen molar-refractivity contribution in [2.45, 2.75) is 38.8 Å². The molecule has 0 unspecified atom stereocenters. The summed E-state index contributed by atoms with van der Waals surface area (Å²) in [7, 11) is 0. The number of hydrogen-bond donors (Lipinski definition) is 1. The molecular weight excluding hydrogens is 404 g/mol. The van der Waals surface area contributed by atoms with Crippen LogP contribution < -0.4 is 10.9 Å². The van der Waals surface area contributed by atoms with Crippen molar-refractivity contribution in [2.75, 3.05) is 18.4 Å². The summed E-state index contributed by atoms with van der Waals surface area (Å²) in [5, 5.41) is 9.42. The van der Waals surface area contributed by atoms with Crippen LogP contribution in [0, 0.1) is 0 Å². The number of nitrogens with one attached hydrogen (secondary N) is 1. The maximum absolute atomic E-state index is 13.3. The highest BCUT2D eigenvalue weighted by atomic mass is 16.2. The molecule has 8 heteroatoms. The van der Waals surface area contributed by atoms with Crippen molar-refractivity contribution in [3.63, 3.8) is 0 Å². The number of likely N-dealkylation sites (tertiary alicyclic amines) is 1. The van der Waals surface area contributed by atoms with Crippen molar-refractivity contribution in [1.82, 2.24) is 24.1 Å². The average Bonchev–Trinajstić information content (AvgIpc) is 3.22. The van der Waals surface area contributed by atoms with E-state index in [-0.39, 0.29) is 17.5 Å². The van der Waals surface area contributed by atoms with Crippen molar-refractivity contribution in [3.8, 4) is 0 Å². The Morgan fingerprint density at radius 2 is 2.00 bits per heavy atom. The van der Waals surface area contributed by atoms with Gasteiger partial charge >= 0.3 is 0 Å². The monoisotopic (exact) mass is 430 g/mol. The van der Waals surface area contributed by atoms with Crippen LogP contribution in [0.5, 0.6) is 0 Å². The van der Waals surface area contributed by atoms with Crippen LogP contribution in [0.3, 0.4) is 0 Å². The van der Waals surface area contributed by atoms with Gasteiger partial charge in [0.25, 0.3) is 5.56 Å². The molecule has 8 nitrogen and oxygen atoms in total. The Labute approximate surface area is 185 Å². The zero-order valence-electron chi connectivity index (χ0n) is 18.1. The Balaban J connectivity index is 1.36. The first-order chi connectivity index (χ1) is 15.6. The maximum atomic E-state index is 13.3. The van der Waals surface area contributed by atoms with E-state index in [1.807, 2.05) is 58.1 Å². The Morgan fingerprint density at radius 3 is 2.78 bits per heavy atom. The second-order valence-corrected chi connectivity index (χ2v) is 8.32. The Kier molecular flexibility index (Phi) is 5.34. The molecule has 1 fully saturated rings. The standard InChI is InChI=1S/C24H26N6O2/c1-17(31)28-12-8-19(9-13-28)26-21-6-4-5-18-15-25-30(24(32)23(18)21)14-10-20-16-29-11-3-2-7-22(29)27-20/h2-7,11,15-16,19,26H,8-10,12-14H2,1H3. The summed E-state index contributed by atoms with van der Waals surface area (Å²) >= 11 is 0. The molecule has 0 saturated carbocycles. The number of anilines is 1. The van der Waals surface area contributed by atoms with Gasteiger partial charge in [-0.25, -0.2) is 9.67 Å². The first kappa shape index (κ1) is 20.2. The van der Waals surface area contributed by atoms with E-state index in [2.05, 4.69) is 15.4 Å². The molecule has 1 saturated heterocycles. The van der Waals surface area contributed by atoms with Crippen LogP contribution in [0.4, 0.5) is 5.69 Å². The van der Waals surface area contributed by atoms with Gasteiger partial charge in [0.15, 0.2) is 0 Å². The number of benzene rings is 1. The fourth-order valence-corrected chi connectivity index (χ4v) is 4.40. The molecule has 0 radical (unpaired) electrons. The van der Waals surface area contributed by atoms with E-state index >= 15 is 0 Å². The number of carbonyl (C=O) groups excluding carboxylic acids is 1. The van der Waals surface area contributed by atoms with E-state index in [1.165, 1.54) is 4.68 Å². The van der Waals surface area contributed by atoms with Gasteiger partial charge in [-0.15, -0.1) is 0 Å². The maximum Gasteiger partial charge on any atom is 0.276 e. The lowest BCUT2D eigenvalue weighted by molar-refractivity contribution is -0.129. The van der Waals surface area contributed by atoms with E-state index in [0.717, 1.165) is 48.3 Å². The van der Waals surface area contributed by atoms with E-state index < -0.39 is 0 Å². The molecule has 164 valence electrons. The van der Waals surface area contributed by atoms with Crippen molar-refractivity contribution in [2.24, 2.45) is 0 Å². The highest BCUT2D eigenvalue weighted by molar-refractivity contribution is 5.92. The lowest BCUT2D eigenvalue weighted by Gasteiger charge is -2.32. The predicted octanol–water partition coefficient (Wildman–Crippen LogP) is 2.71. The molecule has 1 aliphatic rings. The number of aryl methyl sites for hydroxylation is 2. The summed E-state index contributed by atoms with van der Waals surface area (Å²) in [5.74, 6) is 0.119. The Bertz CT molecular complexity index is 1300. The van der Waals surface area contributed by atoms with E-state index in [4.69, 9.17) is 0 Å². The fourth-order valence-electron chi connectivity index (χ4n) is 4.40. The molecule has 3 aromatic heterocycles. The minimum Gasteiger partial charge on any atom is -0.382 e. The number of imidazole rings is 1. The van der Waals surface area contributed by atoms with Crippen molar-refractivity contribution < 1.29 is 4.79 Å². The van der Waals surface area contributed by atoms with Crippen molar-refractivity contribution in [1.29, 1.82) is 0 Å². The number of carbonyl (C=O) groups is 1. The SMILES string of the molecule is CC(=O)N1CCC(Nc2cccc3cnn(CCc4cn5ccccc5n4)c(=O)c23)CC1. The molecule has 1 N–H and O–H groups in total. The van der Waals surface area contributed by atoms with Gasteiger partial charge in [-0.1, -0.05) is 18.2 Å². The number of hydrogen-bond acceptors (Lipinski definition) is 5. The largest absolute Gasteiger partial charge is 0.382 e. The molecule has 0 bridgehead atoms. The van der Waals surface area contributed by atoms with Crippen LogP contribution >= 0.6 is 0 Å². The second-order valence-electron chi connectivity index (χ2n) is 8.32. The van der Waals surface area contributed by atoms with Crippen LogP contribution in [-0.4, -0.2) is 49.1 Å². The lowest BCUT2D eigenvalue weighted by atomic mass is 10.0. The van der Waals surface area contributed by atoms with Gasteiger partial charge in [-0.3, -0.25) is 9.59 Å². The molecule has 1 aliphatic heterocycles. The summed E-state index contributed by atoms with van der Waals surface area (Å²) in [6, 6.07) is 11.9. The van der Waals surface area contributed by atoms with Gasteiger partial charge in [0.2, 0.25) is 5.91 Å².